The molecule has 0 aliphatic heterocycles. The van der Waals surface area contributed by atoms with E-state index in [0.29, 0.717) is 0 Å². The lowest BCUT2D eigenvalue weighted by Crippen LogP contribution is -2.56. The molecule has 0 amide bonds. The van der Waals surface area contributed by atoms with Crippen LogP contribution in [-0.2, 0) is 17.1 Å². The maximum Gasteiger partial charge on any atom is 0.315 e. The number of rotatable bonds is 12. The molecule has 0 aliphatic carbocycles. The van der Waals surface area contributed by atoms with Gasteiger partial charge < -0.3 is 17.5 Å². The summed E-state index contributed by atoms with van der Waals surface area (Å²) in [5, 5.41) is 8.74. The molecule has 0 saturated carbocycles. The van der Waals surface area contributed by atoms with Crippen LogP contribution in [0, 0.1) is 0 Å². The van der Waals surface area contributed by atoms with E-state index in [-0.39, 0.29) is 6.42 Å². The van der Waals surface area contributed by atoms with Crippen molar-refractivity contribution < 1.29 is 22.2 Å². The first-order valence-corrected chi connectivity index (χ1v) is 21.0. The maximum absolute atomic E-state index is 10.6. The van der Waals surface area contributed by atoms with Crippen LogP contribution in [0.3, 0.4) is 0 Å². The highest BCUT2D eigenvalue weighted by molar-refractivity contribution is 6.89. The molecule has 9 heteroatoms. The van der Waals surface area contributed by atoms with Crippen LogP contribution in [0.1, 0.15) is 25.7 Å². The van der Waals surface area contributed by atoms with E-state index < -0.39 is 39.7 Å². The summed E-state index contributed by atoms with van der Waals surface area (Å²) in [7, 11) is -7.93. The van der Waals surface area contributed by atoms with E-state index in [0.717, 1.165) is 25.3 Å². The fourth-order valence-corrected chi connectivity index (χ4v) is 21.0. The van der Waals surface area contributed by atoms with Crippen LogP contribution in [0.25, 0.3) is 0 Å². The smallest absolute Gasteiger partial charge is 0.315 e. The van der Waals surface area contributed by atoms with Crippen molar-refractivity contribution in [2.24, 2.45) is 0 Å². The van der Waals surface area contributed by atoms with Crippen molar-refractivity contribution in [1.82, 2.24) is 0 Å². The van der Waals surface area contributed by atoms with Crippen molar-refractivity contribution >= 4 is 39.7 Å². The molecule has 0 heterocycles. The van der Waals surface area contributed by atoms with E-state index in [9.17, 15) is 4.79 Å². The predicted molar refractivity (Wildman–Crippen MR) is 110 cm³/mol. The Hall–Kier alpha value is 0.218. The Kier molecular flexibility index (Phi) is 9.32. The Morgan fingerprint density at radius 1 is 0.750 bits per heavy atom. The molecule has 0 radical (unpaired) electrons. The van der Waals surface area contributed by atoms with Gasteiger partial charge in [-0.1, -0.05) is 12.8 Å². The molecule has 0 bridgehead atoms. The van der Waals surface area contributed by atoms with Gasteiger partial charge in [-0.15, -0.1) is 0 Å². The molecular weight excluding hydrogens is 373 g/mol. The van der Waals surface area contributed by atoms with Crippen LogP contribution in [0.4, 0.5) is 0 Å². The molecule has 1 unspecified atom stereocenters. The van der Waals surface area contributed by atoms with Gasteiger partial charge in [0.1, 0.15) is 0 Å². The quantitative estimate of drug-likeness (QED) is 0.357. The van der Waals surface area contributed by atoms with Gasteiger partial charge in [0.25, 0.3) is 0 Å². The highest BCUT2D eigenvalue weighted by Gasteiger charge is 2.44. The lowest BCUT2D eigenvalue weighted by molar-refractivity contribution is -0.137. The molecule has 0 aliphatic rings. The summed E-state index contributed by atoms with van der Waals surface area (Å²) in [5.41, 5.74) is 0. The van der Waals surface area contributed by atoms with Crippen molar-refractivity contribution in [3.63, 3.8) is 0 Å². The fraction of sp³-hybridized carbons (Fsp3) is 0.933. The first-order valence-electron chi connectivity index (χ1n) is 8.86. The van der Waals surface area contributed by atoms with Gasteiger partial charge in [-0.2, -0.15) is 0 Å². The highest BCUT2D eigenvalue weighted by atomic mass is 28.5. The van der Waals surface area contributed by atoms with Gasteiger partial charge in [-0.05, 0) is 71.4 Å². The Labute approximate surface area is 152 Å². The molecule has 144 valence electrons. The van der Waals surface area contributed by atoms with Crippen molar-refractivity contribution in [1.29, 1.82) is 0 Å². The monoisotopic (exact) mass is 410 g/mol. The standard InChI is InChI=1S/C15H38O5Si4/c1-21(2,3)18-23(7,8)20-24(9,19-22(4,5)6)14-12-10-11-13-15(16)17/h10-14H2,1-9H3,(H,16,17). The zero-order chi connectivity index (χ0) is 19.2. The lowest BCUT2D eigenvalue weighted by Gasteiger charge is -2.41. The number of aliphatic carboxylic acids is 1. The summed E-state index contributed by atoms with van der Waals surface area (Å²) in [4.78, 5) is 10.6. The van der Waals surface area contributed by atoms with Crippen LogP contribution in [-0.4, -0.2) is 44.8 Å². The van der Waals surface area contributed by atoms with Gasteiger partial charge in [0.2, 0.25) is 0 Å². The summed E-state index contributed by atoms with van der Waals surface area (Å²) < 4.78 is 19.4. The van der Waals surface area contributed by atoms with E-state index in [1.54, 1.807) is 0 Å². The SMILES string of the molecule is C[Si](C)(C)O[Si](C)(C)O[Si](C)(CCCCCC(=O)O)O[Si](C)(C)C. The number of carbonyl (C=O) groups is 1. The third-order valence-electron chi connectivity index (χ3n) is 3.06. The first kappa shape index (κ1) is 24.2. The molecule has 0 aromatic rings. The average Bonchev–Trinajstić information content (AvgIpc) is 2.19. The topological polar surface area (TPSA) is 65.0 Å². The van der Waals surface area contributed by atoms with Crippen LogP contribution in [0.5, 0.6) is 0 Å². The van der Waals surface area contributed by atoms with E-state index >= 15 is 0 Å². The molecule has 24 heavy (non-hydrogen) atoms. The zero-order valence-corrected chi connectivity index (χ0v) is 21.1. The minimum Gasteiger partial charge on any atom is -0.481 e. The molecule has 0 saturated heterocycles. The summed E-state index contributed by atoms with van der Waals surface area (Å²) in [5.74, 6) is -0.721. The second-order valence-electron chi connectivity index (χ2n) is 9.02. The maximum atomic E-state index is 10.6. The van der Waals surface area contributed by atoms with Crippen molar-refractivity contribution in [3.8, 4) is 0 Å². The molecule has 0 aromatic heterocycles. The van der Waals surface area contributed by atoms with E-state index in [1.807, 2.05) is 0 Å². The molecule has 1 N–H and O–H groups in total. The average molecular weight is 411 g/mol. The van der Waals surface area contributed by atoms with Gasteiger partial charge in [-0.25, -0.2) is 0 Å². The van der Waals surface area contributed by atoms with Gasteiger partial charge >= 0.3 is 23.1 Å². The summed E-state index contributed by atoms with van der Waals surface area (Å²) >= 11 is 0. The predicted octanol–water partition coefficient (Wildman–Crippen LogP) is 5.12. The van der Waals surface area contributed by atoms with Crippen molar-refractivity contribution in [2.45, 2.75) is 90.7 Å². The fourth-order valence-electron chi connectivity index (χ4n) is 2.95. The molecule has 0 aromatic carbocycles. The lowest BCUT2D eigenvalue weighted by atomic mass is 10.2. The van der Waals surface area contributed by atoms with Gasteiger partial charge in [0.05, 0.1) is 0 Å². The zero-order valence-electron chi connectivity index (χ0n) is 17.1. The van der Waals surface area contributed by atoms with Gasteiger partial charge in [0, 0.05) is 6.42 Å². The first-order chi connectivity index (χ1) is 10.5. The highest BCUT2D eigenvalue weighted by Crippen LogP contribution is 2.28. The number of carboxylic acid groups (broad SMARTS) is 1. The van der Waals surface area contributed by atoms with E-state index in [4.69, 9.17) is 17.5 Å². The third kappa shape index (κ3) is 13.5. The molecule has 1 atom stereocenters. The molecule has 0 spiro atoms. The normalized spacial score (nSPS) is 16.0. The van der Waals surface area contributed by atoms with Crippen molar-refractivity contribution in [2.75, 3.05) is 0 Å². The Morgan fingerprint density at radius 2 is 1.25 bits per heavy atom. The van der Waals surface area contributed by atoms with Gasteiger partial charge in [-0.3, -0.25) is 4.79 Å². The molecule has 0 rings (SSSR count). The summed E-state index contributed by atoms with van der Waals surface area (Å²) in [6, 6.07) is 0.905. The van der Waals surface area contributed by atoms with E-state index in [1.165, 1.54) is 0 Å². The summed E-state index contributed by atoms with van der Waals surface area (Å²) in [6.45, 7) is 19.5. The molecular formula is C15H38O5Si4. The molecule has 0 fully saturated rings. The summed E-state index contributed by atoms with van der Waals surface area (Å²) in [6.07, 6.45) is 2.83. The number of carboxylic acids is 1. The van der Waals surface area contributed by atoms with Crippen LogP contribution < -0.4 is 0 Å². The number of unbranched alkanes of at least 4 members (excludes halogenated alkanes) is 2. The van der Waals surface area contributed by atoms with Gasteiger partial charge in [0.15, 0.2) is 16.6 Å². The number of hydrogen-bond donors (Lipinski definition) is 1. The minimum absolute atomic E-state index is 0.243. The van der Waals surface area contributed by atoms with Crippen LogP contribution in [0.15, 0.2) is 0 Å². The molecule has 5 nitrogen and oxygen atoms in total. The third-order valence-corrected chi connectivity index (χ3v) is 16.6. The second kappa shape index (κ2) is 9.24. The second-order valence-corrected chi connectivity index (χ2v) is 25.5. The largest absolute Gasteiger partial charge is 0.481 e. The Balaban J connectivity index is 4.85. The minimum atomic E-state index is -2.32. The Bertz CT molecular complexity index is 404. The van der Waals surface area contributed by atoms with Crippen molar-refractivity contribution in [3.05, 3.63) is 0 Å². The number of hydrogen-bond acceptors (Lipinski definition) is 4. The van der Waals surface area contributed by atoms with Crippen LogP contribution >= 0.6 is 0 Å². The Morgan fingerprint density at radius 3 is 1.67 bits per heavy atom. The van der Waals surface area contributed by atoms with Crippen LogP contribution in [0.2, 0.25) is 65.0 Å². The van der Waals surface area contributed by atoms with E-state index in [2.05, 4.69) is 58.9 Å².